The van der Waals surface area contributed by atoms with E-state index in [1.54, 1.807) is 13.0 Å². The van der Waals surface area contributed by atoms with Gasteiger partial charge in [-0.05, 0) is 19.4 Å². The van der Waals surface area contributed by atoms with Crippen molar-refractivity contribution in [1.29, 1.82) is 0 Å². The molecule has 2 atom stereocenters. The molecule has 0 aromatic rings. The minimum absolute atomic E-state index is 0.178. The lowest BCUT2D eigenvalue weighted by molar-refractivity contribution is -0.142. The average Bonchev–Trinajstić information content (AvgIpc) is 3.22. The maximum absolute atomic E-state index is 11.7. The predicted molar refractivity (Wildman–Crippen MR) is 69.4 cm³/mol. The first-order chi connectivity index (χ1) is 9.08. The fraction of sp³-hybridized carbons (Fsp3) is 0.571. The zero-order valence-electron chi connectivity index (χ0n) is 11.4. The minimum Gasteiger partial charge on any atom is -0.462 e. The second-order valence-corrected chi connectivity index (χ2v) is 4.32. The van der Waals surface area contributed by atoms with Crippen molar-refractivity contribution in [3.8, 4) is 0 Å². The molecule has 1 aliphatic rings. The van der Waals surface area contributed by atoms with Gasteiger partial charge in [-0.3, -0.25) is 0 Å². The van der Waals surface area contributed by atoms with Gasteiger partial charge in [0.1, 0.15) is 12.2 Å². The van der Waals surface area contributed by atoms with Gasteiger partial charge in [0.05, 0.1) is 13.2 Å². The summed E-state index contributed by atoms with van der Waals surface area (Å²) in [6, 6.07) is 0. The van der Waals surface area contributed by atoms with E-state index in [0.717, 1.165) is 18.9 Å². The number of ether oxygens (including phenoxy) is 3. The van der Waals surface area contributed by atoms with Crippen LogP contribution in [0, 0.1) is 0 Å². The summed E-state index contributed by atoms with van der Waals surface area (Å²) >= 11 is 0. The van der Waals surface area contributed by atoms with Crippen LogP contribution in [0.3, 0.4) is 0 Å². The topological polar surface area (TPSA) is 65.1 Å². The summed E-state index contributed by atoms with van der Waals surface area (Å²) in [5, 5.41) is 0. The number of esters is 2. The molecule has 106 valence electrons. The summed E-state index contributed by atoms with van der Waals surface area (Å²) in [5.41, 5.74) is 0.411. The third kappa shape index (κ3) is 5.70. The Hall–Kier alpha value is -1.62. The van der Waals surface area contributed by atoms with Gasteiger partial charge in [-0.15, -0.1) is 0 Å². The van der Waals surface area contributed by atoms with Gasteiger partial charge >= 0.3 is 11.9 Å². The zero-order valence-corrected chi connectivity index (χ0v) is 11.4. The molecule has 0 bridgehead atoms. The molecular formula is C14H20O5. The van der Waals surface area contributed by atoms with Crippen molar-refractivity contribution < 1.29 is 23.8 Å². The van der Waals surface area contributed by atoms with Crippen LogP contribution >= 0.6 is 0 Å². The Bertz CT molecular complexity index is 368. The fourth-order valence-electron chi connectivity index (χ4n) is 1.38. The Morgan fingerprint density at radius 1 is 1.53 bits per heavy atom. The third-order valence-corrected chi connectivity index (χ3v) is 2.61. The molecule has 1 aliphatic heterocycles. The highest BCUT2D eigenvalue weighted by atomic mass is 16.6. The number of unbranched alkanes of at least 4 members (excludes halogenated alkanes) is 1. The highest BCUT2D eigenvalue weighted by Crippen LogP contribution is 2.20. The van der Waals surface area contributed by atoms with E-state index in [9.17, 15) is 9.59 Å². The number of epoxide rings is 1. The summed E-state index contributed by atoms with van der Waals surface area (Å²) in [7, 11) is 0. The molecule has 0 aromatic carbocycles. The van der Waals surface area contributed by atoms with Crippen molar-refractivity contribution in [3.05, 3.63) is 24.3 Å². The summed E-state index contributed by atoms with van der Waals surface area (Å²) in [5.74, 6) is -0.933. The number of rotatable bonds is 8. The van der Waals surface area contributed by atoms with Crippen LogP contribution in [0.2, 0.25) is 0 Å². The van der Waals surface area contributed by atoms with Gasteiger partial charge in [0.2, 0.25) is 0 Å². The van der Waals surface area contributed by atoms with Crippen molar-refractivity contribution in [3.63, 3.8) is 0 Å². The van der Waals surface area contributed by atoms with Crippen LogP contribution in [0.4, 0.5) is 0 Å². The number of carbonyl (C=O) groups excluding carboxylic acids is 2. The average molecular weight is 268 g/mol. The predicted octanol–water partition coefficient (Wildman–Crippen LogP) is 1.77. The molecule has 5 nitrogen and oxygen atoms in total. The lowest BCUT2D eigenvalue weighted by Gasteiger charge is -2.12. The first kappa shape index (κ1) is 15.4. The summed E-state index contributed by atoms with van der Waals surface area (Å²) in [6.07, 6.45) is 3.70. The molecule has 0 radical (unpaired) electrons. The number of carbonyl (C=O) groups is 2. The molecule has 0 spiro atoms. The van der Waals surface area contributed by atoms with Crippen molar-refractivity contribution in [2.45, 2.75) is 38.9 Å². The molecule has 0 aliphatic carbocycles. The smallest absolute Gasteiger partial charge is 0.333 e. The highest BCUT2D eigenvalue weighted by molar-refractivity contribution is 5.88. The molecule has 1 heterocycles. The largest absolute Gasteiger partial charge is 0.462 e. The third-order valence-electron chi connectivity index (χ3n) is 2.61. The first-order valence-electron chi connectivity index (χ1n) is 6.38. The van der Waals surface area contributed by atoms with E-state index in [1.165, 1.54) is 0 Å². The molecule has 0 saturated carbocycles. The van der Waals surface area contributed by atoms with Crippen LogP contribution in [0.25, 0.3) is 0 Å². The molecular weight excluding hydrogens is 248 g/mol. The van der Waals surface area contributed by atoms with Gasteiger partial charge in [-0.2, -0.15) is 0 Å². The second-order valence-electron chi connectivity index (χ2n) is 4.32. The van der Waals surface area contributed by atoms with Gasteiger partial charge in [-0.25, -0.2) is 9.59 Å². The van der Waals surface area contributed by atoms with E-state index in [4.69, 9.17) is 14.2 Å². The van der Waals surface area contributed by atoms with E-state index in [2.05, 4.69) is 6.58 Å². The summed E-state index contributed by atoms with van der Waals surface area (Å²) in [6.45, 7) is 7.90. The van der Waals surface area contributed by atoms with Crippen molar-refractivity contribution in [1.82, 2.24) is 0 Å². The maximum atomic E-state index is 11.7. The Balaban J connectivity index is 2.54. The molecule has 2 unspecified atom stereocenters. The minimum atomic E-state index is -0.566. The van der Waals surface area contributed by atoms with E-state index in [-0.39, 0.29) is 6.10 Å². The van der Waals surface area contributed by atoms with Crippen LogP contribution < -0.4 is 0 Å². The SMILES string of the molecule is C=CC(=O)OC(C=C(C)C(=O)OCCCC)C1CO1. The van der Waals surface area contributed by atoms with Gasteiger partial charge in [-0.1, -0.05) is 19.9 Å². The first-order valence-corrected chi connectivity index (χ1v) is 6.38. The second kappa shape index (κ2) is 7.74. The highest BCUT2D eigenvalue weighted by Gasteiger charge is 2.34. The van der Waals surface area contributed by atoms with Crippen LogP contribution in [-0.4, -0.2) is 37.4 Å². The lowest BCUT2D eigenvalue weighted by atomic mass is 10.2. The quantitative estimate of drug-likeness (QED) is 0.290. The normalized spacial score (nSPS) is 19.5. The van der Waals surface area contributed by atoms with Crippen molar-refractivity contribution >= 4 is 11.9 Å². The summed E-state index contributed by atoms with van der Waals surface area (Å²) in [4.78, 5) is 22.8. The molecule has 0 aromatic heterocycles. The number of hydrogen-bond donors (Lipinski definition) is 0. The van der Waals surface area contributed by atoms with Gasteiger partial charge in [0.15, 0.2) is 0 Å². The lowest BCUT2D eigenvalue weighted by Crippen LogP contribution is -2.22. The Kier molecular flexibility index (Phi) is 6.29. The molecule has 19 heavy (non-hydrogen) atoms. The Labute approximate surface area is 113 Å². The van der Waals surface area contributed by atoms with Crippen LogP contribution in [0.15, 0.2) is 24.3 Å². The van der Waals surface area contributed by atoms with Crippen molar-refractivity contribution in [2.24, 2.45) is 0 Å². The Morgan fingerprint density at radius 2 is 2.21 bits per heavy atom. The van der Waals surface area contributed by atoms with Crippen LogP contribution in [0.1, 0.15) is 26.7 Å². The van der Waals surface area contributed by atoms with E-state index < -0.39 is 18.0 Å². The Morgan fingerprint density at radius 3 is 2.74 bits per heavy atom. The van der Waals surface area contributed by atoms with E-state index >= 15 is 0 Å². The fourth-order valence-corrected chi connectivity index (χ4v) is 1.38. The molecule has 0 N–H and O–H groups in total. The zero-order chi connectivity index (χ0) is 14.3. The maximum Gasteiger partial charge on any atom is 0.333 e. The van der Waals surface area contributed by atoms with Gasteiger partial charge in [0, 0.05) is 11.6 Å². The molecule has 1 fully saturated rings. The van der Waals surface area contributed by atoms with Crippen molar-refractivity contribution in [2.75, 3.05) is 13.2 Å². The molecule has 0 amide bonds. The van der Waals surface area contributed by atoms with E-state index in [0.29, 0.717) is 18.8 Å². The monoisotopic (exact) mass is 268 g/mol. The molecule has 5 heteroatoms. The van der Waals surface area contributed by atoms with Crippen LogP contribution in [-0.2, 0) is 23.8 Å². The molecule has 1 saturated heterocycles. The summed E-state index contributed by atoms with van der Waals surface area (Å²) < 4.78 is 15.3. The van der Waals surface area contributed by atoms with E-state index in [1.807, 2.05) is 6.92 Å². The van der Waals surface area contributed by atoms with Gasteiger partial charge in [0.25, 0.3) is 0 Å². The van der Waals surface area contributed by atoms with Gasteiger partial charge < -0.3 is 14.2 Å². The number of hydrogen-bond acceptors (Lipinski definition) is 5. The van der Waals surface area contributed by atoms with Crippen LogP contribution in [0.5, 0.6) is 0 Å². The molecule has 1 rings (SSSR count). The standard InChI is InChI=1S/C14H20O5/c1-4-6-7-17-14(16)10(3)8-11(12-9-18-12)19-13(15)5-2/h5,8,11-12H,2,4,6-7,9H2,1,3H3.